The summed E-state index contributed by atoms with van der Waals surface area (Å²) in [5, 5.41) is 4.05. The molecule has 0 unspecified atom stereocenters. The average Bonchev–Trinajstić information content (AvgIpc) is 2.46. The second kappa shape index (κ2) is 6.59. The molecular formula is C17H17Cl2NO2. The first kappa shape index (κ1) is 16.7. The van der Waals surface area contributed by atoms with E-state index in [1.807, 2.05) is 19.9 Å². The SMILES string of the molecule is COc1cccc(C(=O)NC(C)(C)c2ccc(Cl)cc2Cl)c1. The number of nitrogens with one attached hydrogen (secondary N) is 1. The Kier molecular flexibility index (Phi) is 4.99. The van der Waals surface area contributed by atoms with Gasteiger partial charge in [-0.2, -0.15) is 0 Å². The molecule has 0 fully saturated rings. The van der Waals surface area contributed by atoms with Crippen LogP contribution in [0.2, 0.25) is 10.0 Å². The monoisotopic (exact) mass is 337 g/mol. The molecule has 0 aliphatic heterocycles. The van der Waals surface area contributed by atoms with Crippen LogP contribution >= 0.6 is 23.2 Å². The van der Waals surface area contributed by atoms with Crippen molar-refractivity contribution in [3.63, 3.8) is 0 Å². The Hall–Kier alpha value is -1.71. The Morgan fingerprint density at radius 2 is 1.86 bits per heavy atom. The van der Waals surface area contributed by atoms with E-state index in [2.05, 4.69) is 5.32 Å². The highest BCUT2D eigenvalue weighted by molar-refractivity contribution is 6.35. The minimum absolute atomic E-state index is 0.199. The molecule has 1 amide bonds. The standard InChI is InChI=1S/C17H17Cl2NO2/c1-17(2,14-8-7-12(18)10-15(14)19)20-16(21)11-5-4-6-13(9-11)22-3/h4-10H,1-3H3,(H,20,21). The molecule has 5 heteroatoms. The van der Waals surface area contributed by atoms with E-state index in [0.717, 1.165) is 5.56 Å². The van der Waals surface area contributed by atoms with Crippen LogP contribution in [0.1, 0.15) is 29.8 Å². The van der Waals surface area contributed by atoms with Crippen molar-refractivity contribution in [1.29, 1.82) is 0 Å². The molecule has 0 atom stereocenters. The van der Waals surface area contributed by atoms with Crippen LogP contribution in [0.15, 0.2) is 42.5 Å². The minimum atomic E-state index is -0.637. The fraction of sp³-hybridized carbons (Fsp3) is 0.235. The lowest BCUT2D eigenvalue weighted by Gasteiger charge is -2.28. The second-order valence-corrected chi connectivity index (χ2v) is 6.28. The van der Waals surface area contributed by atoms with Crippen molar-refractivity contribution in [1.82, 2.24) is 5.32 Å². The molecule has 0 saturated heterocycles. The molecule has 2 aromatic rings. The van der Waals surface area contributed by atoms with E-state index in [0.29, 0.717) is 21.4 Å². The summed E-state index contributed by atoms with van der Waals surface area (Å²) in [4.78, 5) is 12.4. The van der Waals surface area contributed by atoms with Gasteiger partial charge in [-0.1, -0.05) is 35.3 Å². The zero-order valence-electron chi connectivity index (χ0n) is 12.6. The van der Waals surface area contributed by atoms with Gasteiger partial charge in [-0.05, 0) is 49.7 Å². The van der Waals surface area contributed by atoms with Crippen LogP contribution in [0.5, 0.6) is 5.75 Å². The van der Waals surface area contributed by atoms with Crippen LogP contribution in [-0.2, 0) is 5.54 Å². The van der Waals surface area contributed by atoms with Crippen LogP contribution in [0, 0.1) is 0 Å². The predicted octanol–water partition coefficient (Wildman–Crippen LogP) is 4.67. The number of benzene rings is 2. The molecule has 0 heterocycles. The average molecular weight is 338 g/mol. The highest BCUT2D eigenvalue weighted by Crippen LogP contribution is 2.30. The van der Waals surface area contributed by atoms with Crippen LogP contribution in [0.4, 0.5) is 0 Å². The fourth-order valence-electron chi connectivity index (χ4n) is 2.18. The molecule has 0 aromatic heterocycles. The first-order valence-corrected chi connectivity index (χ1v) is 7.51. The van der Waals surface area contributed by atoms with Crippen molar-refractivity contribution in [2.75, 3.05) is 7.11 Å². The van der Waals surface area contributed by atoms with E-state index in [-0.39, 0.29) is 5.91 Å². The Bertz CT molecular complexity index is 699. The van der Waals surface area contributed by atoms with Gasteiger partial charge < -0.3 is 10.1 Å². The summed E-state index contributed by atoms with van der Waals surface area (Å²) < 4.78 is 5.14. The molecule has 0 bridgehead atoms. The molecule has 2 aromatic carbocycles. The van der Waals surface area contributed by atoms with Crippen molar-refractivity contribution in [3.8, 4) is 5.75 Å². The Morgan fingerprint density at radius 3 is 2.50 bits per heavy atom. The number of methoxy groups -OCH3 is 1. The van der Waals surface area contributed by atoms with Gasteiger partial charge in [0.1, 0.15) is 5.75 Å². The molecule has 1 N–H and O–H groups in total. The molecule has 0 radical (unpaired) electrons. The number of carbonyl (C=O) groups is 1. The molecule has 3 nitrogen and oxygen atoms in total. The van der Waals surface area contributed by atoms with Crippen molar-refractivity contribution >= 4 is 29.1 Å². The molecule has 0 spiro atoms. The molecule has 22 heavy (non-hydrogen) atoms. The largest absolute Gasteiger partial charge is 0.497 e. The summed E-state index contributed by atoms with van der Waals surface area (Å²) >= 11 is 12.2. The van der Waals surface area contributed by atoms with E-state index in [4.69, 9.17) is 27.9 Å². The summed E-state index contributed by atoms with van der Waals surface area (Å²) in [6.07, 6.45) is 0. The summed E-state index contributed by atoms with van der Waals surface area (Å²) in [5.74, 6) is 0.435. The van der Waals surface area contributed by atoms with Gasteiger partial charge >= 0.3 is 0 Å². The normalized spacial score (nSPS) is 11.1. The Balaban J connectivity index is 2.25. The maximum absolute atomic E-state index is 12.4. The van der Waals surface area contributed by atoms with Crippen LogP contribution in [0.3, 0.4) is 0 Å². The van der Waals surface area contributed by atoms with Crippen molar-refractivity contribution in [2.24, 2.45) is 0 Å². The van der Waals surface area contributed by atoms with Gasteiger partial charge in [0.25, 0.3) is 5.91 Å². The highest BCUT2D eigenvalue weighted by atomic mass is 35.5. The van der Waals surface area contributed by atoms with Gasteiger partial charge in [0.05, 0.1) is 12.6 Å². The topological polar surface area (TPSA) is 38.3 Å². The lowest BCUT2D eigenvalue weighted by molar-refractivity contribution is 0.0912. The number of carbonyl (C=O) groups excluding carboxylic acids is 1. The second-order valence-electron chi connectivity index (χ2n) is 5.44. The Labute approximate surface area is 140 Å². The van der Waals surface area contributed by atoms with E-state index < -0.39 is 5.54 Å². The third-order valence-corrected chi connectivity index (χ3v) is 3.91. The maximum Gasteiger partial charge on any atom is 0.252 e. The van der Waals surface area contributed by atoms with E-state index in [1.54, 1.807) is 43.5 Å². The van der Waals surface area contributed by atoms with Crippen LogP contribution in [-0.4, -0.2) is 13.0 Å². The summed E-state index contributed by atoms with van der Waals surface area (Å²) in [6, 6.07) is 12.2. The van der Waals surface area contributed by atoms with Gasteiger partial charge in [0.2, 0.25) is 0 Å². The quantitative estimate of drug-likeness (QED) is 0.880. The summed E-state index contributed by atoms with van der Waals surface area (Å²) in [5.41, 5.74) is 0.689. The lowest BCUT2D eigenvalue weighted by atomic mass is 9.93. The molecule has 0 aliphatic rings. The van der Waals surface area contributed by atoms with Crippen LogP contribution < -0.4 is 10.1 Å². The fourth-order valence-corrected chi connectivity index (χ4v) is 2.83. The lowest BCUT2D eigenvalue weighted by Crippen LogP contribution is -2.41. The Morgan fingerprint density at radius 1 is 1.14 bits per heavy atom. The van der Waals surface area contributed by atoms with Gasteiger partial charge in [0.15, 0.2) is 0 Å². The van der Waals surface area contributed by atoms with Gasteiger partial charge in [0, 0.05) is 15.6 Å². The highest BCUT2D eigenvalue weighted by Gasteiger charge is 2.26. The number of amides is 1. The molecule has 2 rings (SSSR count). The number of halogens is 2. The zero-order chi connectivity index (χ0) is 16.3. The van der Waals surface area contributed by atoms with E-state index in [9.17, 15) is 4.79 Å². The minimum Gasteiger partial charge on any atom is -0.497 e. The third-order valence-electron chi connectivity index (χ3n) is 3.36. The van der Waals surface area contributed by atoms with Crippen molar-refractivity contribution in [3.05, 3.63) is 63.6 Å². The van der Waals surface area contributed by atoms with Gasteiger partial charge in [-0.15, -0.1) is 0 Å². The number of rotatable bonds is 4. The maximum atomic E-state index is 12.4. The molecule has 116 valence electrons. The molecule has 0 saturated carbocycles. The summed E-state index contributed by atoms with van der Waals surface area (Å²) in [6.45, 7) is 3.78. The van der Waals surface area contributed by atoms with Crippen molar-refractivity contribution < 1.29 is 9.53 Å². The summed E-state index contributed by atoms with van der Waals surface area (Å²) in [7, 11) is 1.56. The smallest absolute Gasteiger partial charge is 0.252 e. The number of hydrogen-bond acceptors (Lipinski definition) is 2. The van der Waals surface area contributed by atoms with E-state index >= 15 is 0 Å². The van der Waals surface area contributed by atoms with Gasteiger partial charge in [-0.25, -0.2) is 0 Å². The first-order valence-electron chi connectivity index (χ1n) is 6.75. The predicted molar refractivity (Wildman–Crippen MR) is 89.9 cm³/mol. The van der Waals surface area contributed by atoms with E-state index in [1.165, 1.54) is 0 Å². The van der Waals surface area contributed by atoms with Crippen LogP contribution in [0.25, 0.3) is 0 Å². The number of ether oxygens (including phenoxy) is 1. The van der Waals surface area contributed by atoms with Gasteiger partial charge in [-0.3, -0.25) is 4.79 Å². The number of hydrogen-bond donors (Lipinski definition) is 1. The zero-order valence-corrected chi connectivity index (χ0v) is 14.1. The first-order chi connectivity index (χ1) is 10.3. The third kappa shape index (κ3) is 3.73. The molecule has 0 aliphatic carbocycles. The van der Waals surface area contributed by atoms with Crippen molar-refractivity contribution in [2.45, 2.75) is 19.4 Å². The molecular weight excluding hydrogens is 321 g/mol.